The van der Waals surface area contributed by atoms with Gasteiger partial charge in [-0.3, -0.25) is 0 Å². The van der Waals surface area contributed by atoms with Crippen LogP contribution >= 0.6 is 0 Å². The van der Waals surface area contributed by atoms with Crippen molar-refractivity contribution in [1.29, 1.82) is 0 Å². The summed E-state index contributed by atoms with van der Waals surface area (Å²) < 4.78 is 9.99. The van der Waals surface area contributed by atoms with Crippen LogP contribution in [-0.4, -0.2) is 46.7 Å². The molecule has 114 valence electrons. The molecule has 2 rings (SSSR count). The van der Waals surface area contributed by atoms with E-state index >= 15 is 0 Å². The van der Waals surface area contributed by atoms with Gasteiger partial charge in [0.05, 0.1) is 13.2 Å². The molecule has 1 heterocycles. The first-order valence-electron chi connectivity index (χ1n) is 6.73. The summed E-state index contributed by atoms with van der Waals surface area (Å²) in [6.07, 6.45) is -1.17. The van der Waals surface area contributed by atoms with Crippen LogP contribution in [0.25, 0.3) is 0 Å². The molecule has 0 amide bonds. The predicted molar refractivity (Wildman–Crippen MR) is 73.3 cm³/mol. The van der Waals surface area contributed by atoms with E-state index in [1.54, 1.807) is 0 Å². The highest BCUT2D eigenvalue weighted by Crippen LogP contribution is 2.24. The number of carbonyl (C=O) groups is 1. The number of hydrogen-bond donors (Lipinski definition) is 3. The van der Waals surface area contributed by atoms with E-state index in [2.05, 4.69) is 0 Å². The summed E-state index contributed by atoms with van der Waals surface area (Å²) in [5.74, 6) is -1.59. The lowest BCUT2D eigenvalue weighted by molar-refractivity contribution is -0.148. The van der Waals surface area contributed by atoms with E-state index in [9.17, 15) is 15.0 Å². The zero-order valence-corrected chi connectivity index (χ0v) is 11.4. The van der Waals surface area contributed by atoms with Crippen LogP contribution in [0.4, 0.5) is 0 Å². The van der Waals surface area contributed by atoms with Gasteiger partial charge in [0.15, 0.2) is 11.9 Å². The number of carbonyl (C=O) groups excluding carboxylic acids is 1. The number of esters is 1. The summed E-state index contributed by atoms with van der Waals surface area (Å²) in [5.41, 5.74) is 1.15. The fourth-order valence-corrected chi connectivity index (χ4v) is 2.04. The molecule has 2 unspecified atom stereocenters. The Hall–Kier alpha value is -2.05. The highest BCUT2D eigenvalue weighted by molar-refractivity contribution is 5.89. The van der Waals surface area contributed by atoms with Crippen molar-refractivity contribution in [2.24, 2.45) is 0 Å². The van der Waals surface area contributed by atoms with Crippen LogP contribution in [0.1, 0.15) is 12.0 Å². The van der Waals surface area contributed by atoms with Crippen LogP contribution in [0.3, 0.4) is 0 Å². The summed E-state index contributed by atoms with van der Waals surface area (Å²) in [4.78, 5) is 11.5. The lowest BCUT2D eigenvalue weighted by Crippen LogP contribution is -2.31. The van der Waals surface area contributed by atoms with E-state index in [-0.39, 0.29) is 12.4 Å². The lowest BCUT2D eigenvalue weighted by atomic mass is 10.1. The Labute approximate surface area is 122 Å². The van der Waals surface area contributed by atoms with Gasteiger partial charge in [0.25, 0.3) is 0 Å². The molecular weight excluding hydrogens is 276 g/mol. The van der Waals surface area contributed by atoms with Gasteiger partial charge in [-0.2, -0.15) is 0 Å². The second-order valence-electron chi connectivity index (χ2n) is 4.73. The van der Waals surface area contributed by atoms with Gasteiger partial charge >= 0.3 is 5.97 Å². The normalized spacial score (nSPS) is 19.5. The predicted octanol–water partition coefficient (Wildman–Crippen LogP) is 0.684. The maximum Gasteiger partial charge on any atom is 0.378 e. The number of cyclic esters (lactones) is 1. The second kappa shape index (κ2) is 7.10. The smallest absolute Gasteiger partial charge is 0.378 e. The molecule has 0 aromatic heterocycles. The fourth-order valence-electron chi connectivity index (χ4n) is 2.04. The molecule has 1 aliphatic heterocycles. The van der Waals surface area contributed by atoms with Crippen molar-refractivity contribution in [2.75, 3.05) is 13.2 Å². The number of aryl methyl sites for hydroxylation is 1. The van der Waals surface area contributed by atoms with Gasteiger partial charge in [0.1, 0.15) is 6.10 Å². The Morgan fingerprint density at radius 2 is 2.00 bits per heavy atom. The van der Waals surface area contributed by atoms with Gasteiger partial charge in [0.2, 0.25) is 5.76 Å². The van der Waals surface area contributed by atoms with Gasteiger partial charge < -0.3 is 24.8 Å². The van der Waals surface area contributed by atoms with E-state index in [0.717, 1.165) is 12.0 Å². The molecule has 0 aliphatic carbocycles. The van der Waals surface area contributed by atoms with Gasteiger partial charge in [-0.05, 0) is 18.4 Å². The minimum atomic E-state index is -1.36. The first kappa shape index (κ1) is 15.3. The molecular formula is C15H18O6. The Bertz CT molecular complexity index is 510. The first-order chi connectivity index (χ1) is 10.1. The number of aliphatic hydroxyl groups is 3. The van der Waals surface area contributed by atoms with E-state index in [1.165, 1.54) is 0 Å². The molecule has 3 N–H and O–H groups in total. The molecule has 6 heteroatoms. The van der Waals surface area contributed by atoms with Crippen molar-refractivity contribution in [1.82, 2.24) is 0 Å². The second-order valence-corrected chi connectivity index (χ2v) is 4.73. The molecule has 0 saturated heterocycles. The summed E-state index contributed by atoms with van der Waals surface area (Å²) in [6, 6.07) is 9.81. The largest absolute Gasteiger partial charge is 0.505 e. The number of benzene rings is 1. The van der Waals surface area contributed by atoms with Gasteiger partial charge in [-0.1, -0.05) is 30.3 Å². The van der Waals surface area contributed by atoms with Crippen molar-refractivity contribution in [3.8, 4) is 0 Å². The quantitative estimate of drug-likeness (QED) is 0.505. The molecule has 0 radical (unpaired) electrons. The summed E-state index contributed by atoms with van der Waals surface area (Å²) in [5, 5.41) is 28.0. The number of ether oxygens (including phenoxy) is 2. The fraction of sp³-hybridized carbons (Fsp3) is 0.400. The van der Waals surface area contributed by atoms with E-state index in [0.29, 0.717) is 6.42 Å². The Morgan fingerprint density at radius 3 is 2.67 bits per heavy atom. The summed E-state index contributed by atoms with van der Waals surface area (Å²) >= 11 is 0. The van der Waals surface area contributed by atoms with Crippen molar-refractivity contribution >= 4 is 5.97 Å². The Kier molecular flexibility index (Phi) is 5.19. The third-order valence-corrected chi connectivity index (χ3v) is 3.16. The molecule has 1 aromatic carbocycles. The Morgan fingerprint density at radius 1 is 1.29 bits per heavy atom. The highest BCUT2D eigenvalue weighted by Gasteiger charge is 2.40. The van der Waals surface area contributed by atoms with Crippen molar-refractivity contribution in [3.63, 3.8) is 0 Å². The average Bonchev–Trinajstić information content (AvgIpc) is 2.79. The standard InChI is InChI=1S/C15H18O6/c16-9-11(17)13-12(18)14(15(19)21-13)20-8-4-7-10-5-2-1-3-6-10/h1-3,5-6,11,13,16-18H,4,7-9H2. The van der Waals surface area contributed by atoms with Crippen LogP contribution in [0.15, 0.2) is 41.9 Å². The van der Waals surface area contributed by atoms with Crippen LogP contribution in [0.2, 0.25) is 0 Å². The van der Waals surface area contributed by atoms with Crippen LogP contribution in [0.5, 0.6) is 0 Å². The first-order valence-corrected chi connectivity index (χ1v) is 6.73. The van der Waals surface area contributed by atoms with Gasteiger partial charge in [-0.25, -0.2) is 4.79 Å². The number of aliphatic hydroxyl groups excluding tert-OH is 3. The molecule has 1 aromatic rings. The third kappa shape index (κ3) is 3.74. The minimum Gasteiger partial charge on any atom is -0.505 e. The molecule has 6 nitrogen and oxygen atoms in total. The van der Waals surface area contributed by atoms with E-state index in [4.69, 9.17) is 14.6 Å². The maximum atomic E-state index is 11.5. The molecule has 21 heavy (non-hydrogen) atoms. The maximum absolute atomic E-state index is 11.5. The minimum absolute atomic E-state index is 0.241. The molecule has 0 bridgehead atoms. The molecule has 0 spiro atoms. The Balaban J connectivity index is 1.84. The summed E-state index contributed by atoms with van der Waals surface area (Å²) in [6.45, 7) is -0.380. The van der Waals surface area contributed by atoms with Gasteiger partial charge in [0, 0.05) is 0 Å². The van der Waals surface area contributed by atoms with Gasteiger partial charge in [-0.15, -0.1) is 0 Å². The monoisotopic (exact) mass is 294 g/mol. The average molecular weight is 294 g/mol. The van der Waals surface area contributed by atoms with Crippen molar-refractivity contribution in [2.45, 2.75) is 25.0 Å². The summed E-state index contributed by atoms with van der Waals surface area (Å²) in [7, 11) is 0. The zero-order chi connectivity index (χ0) is 15.2. The third-order valence-electron chi connectivity index (χ3n) is 3.16. The molecule has 0 saturated carbocycles. The van der Waals surface area contributed by atoms with Crippen LogP contribution < -0.4 is 0 Å². The van der Waals surface area contributed by atoms with E-state index in [1.807, 2.05) is 30.3 Å². The molecule has 0 fully saturated rings. The number of rotatable bonds is 7. The van der Waals surface area contributed by atoms with Crippen molar-refractivity contribution in [3.05, 3.63) is 47.4 Å². The highest BCUT2D eigenvalue weighted by atomic mass is 16.6. The van der Waals surface area contributed by atoms with Crippen molar-refractivity contribution < 1.29 is 29.6 Å². The van der Waals surface area contributed by atoms with Crippen LogP contribution in [-0.2, 0) is 20.7 Å². The molecule has 2 atom stereocenters. The zero-order valence-electron chi connectivity index (χ0n) is 11.4. The lowest BCUT2D eigenvalue weighted by Gasteiger charge is -2.13. The molecule has 1 aliphatic rings. The number of hydrogen-bond acceptors (Lipinski definition) is 6. The SMILES string of the molecule is O=C1OC(C(O)CO)C(O)=C1OCCCc1ccccc1. The van der Waals surface area contributed by atoms with Crippen LogP contribution in [0, 0.1) is 0 Å². The van der Waals surface area contributed by atoms with E-state index < -0.39 is 30.5 Å². The topological polar surface area (TPSA) is 96.2 Å².